The first-order valence-electron chi connectivity index (χ1n) is 9.93. The van der Waals surface area contributed by atoms with Gasteiger partial charge in [0.1, 0.15) is 0 Å². The molecule has 1 aromatic rings. The van der Waals surface area contributed by atoms with Gasteiger partial charge in [0, 0.05) is 17.1 Å². The zero-order valence-electron chi connectivity index (χ0n) is 17.6. The third kappa shape index (κ3) is 4.80. The lowest BCUT2D eigenvalue weighted by Crippen LogP contribution is -2.46. The first-order chi connectivity index (χ1) is 14.0. The minimum atomic E-state index is -3.75. The SMILES string of the molecule is Cc1cc(S(=O)(=O)CC2N=C(C(=O)O)ON2C2CCC(N(C)C)CC2)c(C)cc1Cl. The molecule has 3 rings (SSSR count). The van der Waals surface area contributed by atoms with Crippen LogP contribution in [0.3, 0.4) is 0 Å². The molecule has 2 aliphatic rings. The van der Waals surface area contributed by atoms with E-state index in [9.17, 15) is 18.3 Å². The second-order valence-corrected chi connectivity index (χ2v) is 10.7. The maximum Gasteiger partial charge on any atom is 0.393 e. The highest BCUT2D eigenvalue weighted by Gasteiger charge is 2.41. The van der Waals surface area contributed by atoms with E-state index in [2.05, 4.69) is 9.89 Å². The van der Waals surface area contributed by atoms with Gasteiger partial charge in [0.2, 0.25) is 0 Å². The Morgan fingerprint density at radius 3 is 2.43 bits per heavy atom. The van der Waals surface area contributed by atoms with Gasteiger partial charge in [0.15, 0.2) is 16.0 Å². The summed E-state index contributed by atoms with van der Waals surface area (Å²) >= 11 is 6.11. The van der Waals surface area contributed by atoms with Gasteiger partial charge in [-0.15, -0.1) is 5.06 Å². The Bertz CT molecular complexity index is 955. The first-order valence-corrected chi connectivity index (χ1v) is 12.0. The third-order valence-electron chi connectivity index (χ3n) is 5.85. The summed E-state index contributed by atoms with van der Waals surface area (Å²) in [7, 11) is 0.326. The smallest absolute Gasteiger partial charge is 0.393 e. The number of aryl methyl sites for hydroxylation is 2. The molecule has 30 heavy (non-hydrogen) atoms. The Morgan fingerprint density at radius 2 is 1.87 bits per heavy atom. The zero-order chi connectivity index (χ0) is 22.2. The van der Waals surface area contributed by atoms with E-state index >= 15 is 0 Å². The highest BCUT2D eigenvalue weighted by molar-refractivity contribution is 7.91. The van der Waals surface area contributed by atoms with E-state index in [0.717, 1.165) is 25.7 Å². The van der Waals surface area contributed by atoms with Crippen molar-refractivity contribution in [1.82, 2.24) is 9.96 Å². The number of rotatable bonds is 6. The van der Waals surface area contributed by atoms with Gasteiger partial charge in [0.25, 0.3) is 0 Å². The van der Waals surface area contributed by atoms with Gasteiger partial charge in [-0.05, 0) is 76.9 Å². The highest BCUT2D eigenvalue weighted by Crippen LogP contribution is 2.32. The van der Waals surface area contributed by atoms with Gasteiger partial charge in [-0.2, -0.15) is 0 Å². The van der Waals surface area contributed by atoms with Crippen LogP contribution >= 0.6 is 11.6 Å². The van der Waals surface area contributed by atoms with Crippen molar-refractivity contribution in [2.45, 2.75) is 62.7 Å². The summed E-state index contributed by atoms with van der Waals surface area (Å²) in [5.41, 5.74) is 1.21. The first kappa shape index (κ1) is 23.0. The van der Waals surface area contributed by atoms with Crippen molar-refractivity contribution in [3.8, 4) is 0 Å². The number of aliphatic imine (C=N–C) groups is 1. The van der Waals surface area contributed by atoms with Crippen LogP contribution in [0, 0.1) is 13.8 Å². The minimum Gasteiger partial charge on any atom is -0.474 e. The highest BCUT2D eigenvalue weighted by atomic mass is 35.5. The molecule has 0 saturated heterocycles. The molecule has 1 saturated carbocycles. The lowest BCUT2D eigenvalue weighted by atomic mass is 9.90. The van der Waals surface area contributed by atoms with Crippen molar-refractivity contribution in [2.24, 2.45) is 4.99 Å². The number of aliphatic carboxylic acids is 1. The molecule has 8 nitrogen and oxygen atoms in total. The van der Waals surface area contributed by atoms with Crippen LogP contribution in [0.1, 0.15) is 36.8 Å². The van der Waals surface area contributed by atoms with Crippen molar-refractivity contribution < 1.29 is 23.2 Å². The molecule has 166 valence electrons. The van der Waals surface area contributed by atoms with E-state index in [1.165, 1.54) is 5.06 Å². The number of sulfone groups is 1. The number of hydrogen-bond donors (Lipinski definition) is 1. The summed E-state index contributed by atoms with van der Waals surface area (Å²) in [4.78, 5) is 23.4. The van der Waals surface area contributed by atoms with E-state index in [1.807, 2.05) is 14.1 Å². The van der Waals surface area contributed by atoms with Crippen molar-refractivity contribution in [3.05, 3.63) is 28.3 Å². The van der Waals surface area contributed by atoms with Gasteiger partial charge < -0.3 is 14.8 Å². The number of carbonyl (C=O) groups is 1. The molecule has 0 amide bonds. The van der Waals surface area contributed by atoms with Crippen LogP contribution in [-0.2, 0) is 19.5 Å². The molecule has 0 spiro atoms. The molecule has 1 aliphatic carbocycles. The van der Waals surface area contributed by atoms with Crippen LogP contribution < -0.4 is 0 Å². The van der Waals surface area contributed by atoms with Crippen LogP contribution in [0.5, 0.6) is 0 Å². The van der Waals surface area contributed by atoms with Crippen LogP contribution in [0.2, 0.25) is 5.02 Å². The second-order valence-electron chi connectivity index (χ2n) is 8.25. The lowest BCUT2D eigenvalue weighted by molar-refractivity contribution is -0.145. The summed E-state index contributed by atoms with van der Waals surface area (Å²) in [6.45, 7) is 3.44. The van der Waals surface area contributed by atoms with E-state index in [-0.39, 0.29) is 16.7 Å². The van der Waals surface area contributed by atoms with Crippen molar-refractivity contribution in [2.75, 3.05) is 19.8 Å². The summed E-state index contributed by atoms with van der Waals surface area (Å²) in [5.74, 6) is -2.13. The average Bonchev–Trinajstić information content (AvgIpc) is 3.08. The standard InChI is InChI=1S/C20H28ClN3O5S/c1-12-10-17(13(2)9-16(12)21)30(27,28)11-18-22-19(20(25)26)29-24(18)15-7-5-14(6-8-15)23(3)4/h9-10,14-15,18H,5-8,11H2,1-4H3,(H,25,26). The van der Waals surface area contributed by atoms with Crippen LogP contribution in [0.4, 0.5) is 0 Å². The average molecular weight is 458 g/mol. The van der Waals surface area contributed by atoms with Crippen molar-refractivity contribution >= 4 is 33.3 Å². The molecule has 1 aromatic carbocycles. The summed E-state index contributed by atoms with van der Waals surface area (Å²) in [6.07, 6.45) is 2.50. The summed E-state index contributed by atoms with van der Waals surface area (Å²) in [5, 5.41) is 11.3. The number of halogens is 1. The Hall–Kier alpha value is -1.68. The fourth-order valence-electron chi connectivity index (χ4n) is 4.10. The molecule has 1 atom stereocenters. The minimum absolute atomic E-state index is 0.0879. The van der Waals surface area contributed by atoms with Gasteiger partial charge in [-0.25, -0.2) is 18.2 Å². The maximum absolute atomic E-state index is 13.2. The van der Waals surface area contributed by atoms with Crippen molar-refractivity contribution in [1.29, 1.82) is 0 Å². The van der Waals surface area contributed by atoms with Gasteiger partial charge in [0.05, 0.1) is 10.6 Å². The molecule has 1 aliphatic heterocycles. The quantitative estimate of drug-likeness (QED) is 0.700. The Labute approximate surface area is 182 Å². The molecule has 0 radical (unpaired) electrons. The Morgan fingerprint density at radius 1 is 1.23 bits per heavy atom. The normalized spacial score (nSPS) is 25.3. The number of nitrogens with zero attached hydrogens (tertiary/aromatic N) is 3. The van der Waals surface area contributed by atoms with Crippen molar-refractivity contribution in [3.63, 3.8) is 0 Å². The molecule has 1 N–H and O–H groups in total. The summed E-state index contributed by atoms with van der Waals surface area (Å²) < 4.78 is 26.3. The molecule has 10 heteroatoms. The monoisotopic (exact) mass is 457 g/mol. The fraction of sp³-hybridized carbons (Fsp3) is 0.600. The Kier molecular flexibility index (Phi) is 6.76. The molecule has 0 bridgehead atoms. The van der Waals surface area contributed by atoms with E-state index in [1.54, 1.807) is 26.0 Å². The molecular formula is C20H28ClN3O5S. The number of carboxylic acids is 1. The number of carboxylic acid groups (broad SMARTS) is 1. The lowest BCUT2D eigenvalue weighted by Gasteiger charge is -2.37. The number of hydroxylamine groups is 2. The molecule has 1 fully saturated rings. The predicted octanol–water partition coefficient (Wildman–Crippen LogP) is 2.66. The Balaban J connectivity index is 1.84. The number of benzene rings is 1. The van der Waals surface area contributed by atoms with Gasteiger partial charge in [-0.3, -0.25) is 0 Å². The van der Waals surface area contributed by atoms with Crippen LogP contribution in [-0.4, -0.2) is 73.5 Å². The predicted molar refractivity (Wildman–Crippen MR) is 114 cm³/mol. The zero-order valence-corrected chi connectivity index (χ0v) is 19.2. The molecule has 1 heterocycles. The number of hydrogen-bond acceptors (Lipinski definition) is 7. The maximum atomic E-state index is 13.2. The van der Waals surface area contributed by atoms with E-state index in [0.29, 0.717) is 22.2 Å². The summed E-state index contributed by atoms with van der Waals surface area (Å²) in [6, 6.07) is 3.54. The van der Waals surface area contributed by atoms with E-state index < -0.39 is 27.9 Å². The van der Waals surface area contributed by atoms with Crippen LogP contribution in [0.25, 0.3) is 0 Å². The van der Waals surface area contributed by atoms with E-state index in [4.69, 9.17) is 16.4 Å². The largest absolute Gasteiger partial charge is 0.474 e. The third-order valence-corrected chi connectivity index (χ3v) is 8.11. The van der Waals surface area contributed by atoms with Gasteiger partial charge in [-0.1, -0.05) is 11.6 Å². The molecular weight excluding hydrogens is 430 g/mol. The second kappa shape index (κ2) is 8.82. The molecule has 1 unspecified atom stereocenters. The topological polar surface area (TPSA) is 99.5 Å². The molecule has 0 aromatic heterocycles. The van der Waals surface area contributed by atoms with Gasteiger partial charge >= 0.3 is 11.9 Å². The van der Waals surface area contributed by atoms with Crippen LogP contribution in [0.15, 0.2) is 22.0 Å². The fourth-order valence-corrected chi connectivity index (χ4v) is 6.02.